The Bertz CT molecular complexity index is 1460. The minimum absolute atomic E-state index is 0.0931. The SMILES string of the molecule is Cc1cc(Nc2ncc(Cl)c(Nc3ccccc3S(=O)(=O)C(C)C)n2)c2c(c1C1CCNCC1)C[C@H](C)O2. The molecule has 1 saturated heterocycles. The first-order chi connectivity index (χ1) is 18.1. The van der Waals surface area contributed by atoms with Crippen molar-refractivity contribution in [3.05, 3.63) is 58.2 Å². The summed E-state index contributed by atoms with van der Waals surface area (Å²) in [5.41, 5.74) is 5.14. The Morgan fingerprint density at radius 1 is 1.13 bits per heavy atom. The van der Waals surface area contributed by atoms with Gasteiger partial charge in [-0.15, -0.1) is 0 Å². The van der Waals surface area contributed by atoms with E-state index in [9.17, 15) is 8.42 Å². The number of para-hydroxylation sites is 1. The monoisotopic (exact) mass is 555 g/mol. The van der Waals surface area contributed by atoms with Gasteiger partial charge in [-0.25, -0.2) is 13.4 Å². The van der Waals surface area contributed by atoms with E-state index in [1.807, 2.05) is 0 Å². The molecule has 2 aromatic carbocycles. The average molecular weight is 556 g/mol. The zero-order chi connectivity index (χ0) is 27.0. The van der Waals surface area contributed by atoms with Gasteiger partial charge in [-0.3, -0.25) is 0 Å². The molecule has 3 aromatic rings. The zero-order valence-corrected chi connectivity index (χ0v) is 23.7. The quantitative estimate of drug-likeness (QED) is 0.331. The lowest BCUT2D eigenvalue weighted by Crippen LogP contribution is -2.27. The van der Waals surface area contributed by atoms with Gasteiger partial charge in [0.2, 0.25) is 5.95 Å². The molecule has 2 aliphatic rings. The van der Waals surface area contributed by atoms with Gasteiger partial charge in [-0.1, -0.05) is 23.7 Å². The number of hydrogen-bond acceptors (Lipinski definition) is 8. The maximum atomic E-state index is 12.9. The van der Waals surface area contributed by atoms with Crippen LogP contribution in [0.2, 0.25) is 5.02 Å². The number of sulfone groups is 1. The van der Waals surface area contributed by atoms with Crippen LogP contribution in [0.4, 0.5) is 23.1 Å². The molecule has 202 valence electrons. The van der Waals surface area contributed by atoms with Gasteiger partial charge in [0.1, 0.15) is 16.9 Å². The van der Waals surface area contributed by atoms with Crippen molar-refractivity contribution in [1.29, 1.82) is 0 Å². The van der Waals surface area contributed by atoms with Crippen LogP contribution in [0.15, 0.2) is 41.4 Å². The summed E-state index contributed by atoms with van der Waals surface area (Å²) >= 11 is 6.43. The van der Waals surface area contributed by atoms with Crippen LogP contribution in [0.1, 0.15) is 56.2 Å². The Morgan fingerprint density at radius 2 is 1.87 bits per heavy atom. The summed E-state index contributed by atoms with van der Waals surface area (Å²) in [6.45, 7) is 9.64. The van der Waals surface area contributed by atoms with Crippen molar-refractivity contribution in [3.63, 3.8) is 0 Å². The first-order valence-corrected chi connectivity index (χ1v) is 15.0. The van der Waals surface area contributed by atoms with Gasteiger partial charge < -0.3 is 20.7 Å². The van der Waals surface area contributed by atoms with Gasteiger partial charge >= 0.3 is 0 Å². The maximum absolute atomic E-state index is 12.9. The predicted octanol–water partition coefficient (Wildman–Crippen LogP) is 5.90. The highest BCUT2D eigenvalue weighted by molar-refractivity contribution is 7.92. The van der Waals surface area contributed by atoms with Crippen LogP contribution in [0, 0.1) is 6.92 Å². The van der Waals surface area contributed by atoms with E-state index in [0.29, 0.717) is 23.4 Å². The summed E-state index contributed by atoms with van der Waals surface area (Å²) < 4.78 is 32.1. The molecule has 5 rings (SSSR count). The number of nitrogens with zero attached hydrogens (tertiary/aromatic N) is 2. The van der Waals surface area contributed by atoms with Gasteiger partial charge in [0.15, 0.2) is 15.7 Å². The van der Waals surface area contributed by atoms with Crippen molar-refractivity contribution < 1.29 is 13.2 Å². The molecule has 38 heavy (non-hydrogen) atoms. The number of fused-ring (bicyclic) bond motifs is 1. The van der Waals surface area contributed by atoms with Crippen molar-refractivity contribution in [3.8, 4) is 5.75 Å². The van der Waals surface area contributed by atoms with Crippen LogP contribution < -0.4 is 20.7 Å². The van der Waals surface area contributed by atoms with Crippen LogP contribution in [0.5, 0.6) is 5.75 Å². The van der Waals surface area contributed by atoms with Gasteiger partial charge in [-0.05, 0) is 88.9 Å². The molecule has 0 amide bonds. The van der Waals surface area contributed by atoms with Crippen LogP contribution in [-0.2, 0) is 16.3 Å². The topological polar surface area (TPSA) is 105 Å². The third-order valence-corrected chi connectivity index (χ3v) is 9.73. The summed E-state index contributed by atoms with van der Waals surface area (Å²) in [5, 5.41) is 9.62. The number of halogens is 1. The maximum Gasteiger partial charge on any atom is 0.229 e. The van der Waals surface area contributed by atoms with Crippen molar-refractivity contribution in [1.82, 2.24) is 15.3 Å². The van der Waals surface area contributed by atoms with Crippen molar-refractivity contribution in [2.24, 2.45) is 0 Å². The lowest BCUT2D eigenvalue weighted by Gasteiger charge is -2.27. The van der Waals surface area contributed by atoms with E-state index in [2.05, 4.69) is 45.8 Å². The van der Waals surface area contributed by atoms with Crippen molar-refractivity contribution in [2.45, 2.75) is 69.1 Å². The van der Waals surface area contributed by atoms with Gasteiger partial charge in [0.25, 0.3) is 0 Å². The first-order valence-electron chi connectivity index (χ1n) is 13.1. The number of aryl methyl sites for hydroxylation is 1. The molecule has 1 atom stereocenters. The molecular formula is C28H34ClN5O3S. The number of nitrogens with one attached hydrogen (secondary N) is 3. The van der Waals surface area contributed by atoms with Crippen LogP contribution in [-0.4, -0.2) is 42.8 Å². The molecular weight excluding hydrogens is 522 g/mol. The third kappa shape index (κ3) is 5.19. The number of rotatable bonds is 7. The molecule has 0 bridgehead atoms. The summed E-state index contributed by atoms with van der Waals surface area (Å²) in [7, 11) is -3.51. The number of anilines is 4. The van der Waals surface area contributed by atoms with Crippen LogP contribution in [0.25, 0.3) is 0 Å². The molecule has 1 aromatic heterocycles. The zero-order valence-electron chi connectivity index (χ0n) is 22.1. The van der Waals surface area contributed by atoms with E-state index in [0.717, 1.165) is 43.8 Å². The van der Waals surface area contributed by atoms with Crippen LogP contribution >= 0.6 is 11.6 Å². The van der Waals surface area contributed by atoms with Gasteiger partial charge in [-0.2, -0.15) is 4.98 Å². The predicted molar refractivity (Wildman–Crippen MR) is 152 cm³/mol. The molecule has 0 unspecified atom stereocenters. The molecule has 10 heteroatoms. The van der Waals surface area contributed by atoms with Crippen LogP contribution in [0.3, 0.4) is 0 Å². The molecule has 8 nitrogen and oxygen atoms in total. The molecule has 0 spiro atoms. The normalized spacial score (nSPS) is 17.8. The molecule has 0 aliphatic carbocycles. The minimum Gasteiger partial charge on any atom is -0.488 e. The van der Waals surface area contributed by atoms with Crippen molar-refractivity contribution >= 4 is 44.6 Å². The van der Waals surface area contributed by atoms with E-state index >= 15 is 0 Å². The Labute approximate surface area is 229 Å². The summed E-state index contributed by atoms with van der Waals surface area (Å²) in [5.74, 6) is 2.03. The average Bonchev–Trinajstić information content (AvgIpc) is 3.28. The second kappa shape index (κ2) is 10.7. The van der Waals surface area contributed by atoms with Gasteiger partial charge in [0, 0.05) is 12.0 Å². The molecule has 0 radical (unpaired) electrons. The fourth-order valence-corrected chi connectivity index (χ4v) is 6.70. The van der Waals surface area contributed by atoms with Crippen molar-refractivity contribution in [2.75, 3.05) is 23.7 Å². The second-order valence-electron chi connectivity index (χ2n) is 10.3. The molecule has 3 N–H and O–H groups in total. The molecule has 1 fully saturated rings. The number of ether oxygens (including phenoxy) is 1. The Hall–Kier alpha value is -2.88. The molecule has 3 heterocycles. The molecule has 0 saturated carbocycles. The number of aromatic nitrogens is 2. The third-order valence-electron chi connectivity index (χ3n) is 7.25. The smallest absolute Gasteiger partial charge is 0.229 e. The fourth-order valence-electron chi connectivity index (χ4n) is 5.36. The number of hydrogen-bond donors (Lipinski definition) is 3. The number of benzene rings is 2. The van der Waals surface area contributed by atoms with Gasteiger partial charge in [0.05, 0.1) is 27.7 Å². The van der Waals surface area contributed by atoms with E-state index in [1.165, 1.54) is 22.9 Å². The lowest BCUT2D eigenvalue weighted by atomic mass is 9.83. The highest BCUT2D eigenvalue weighted by Gasteiger charge is 2.31. The fraction of sp³-hybridized carbons (Fsp3) is 0.429. The van der Waals surface area contributed by atoms with E-state index in [-0.39, 0.29) is 16.0 Å². The second-order valence-corrected chi connectivity index (χ2v) is 13.2. The standard InChI is InChI=1S/C28H34ClN5O3S/c1-16(2)38(35,36)24-8-6-5-7-22(24)32-27-21(29)15-31-28(34-27)33-23-13-17(3)25(19-9-11-30-12-10-19)20-14-18(4)37-26(20)23/h5-8,13,15-16,18-19,30H,9-12,14H2,1-4H3,(H2,31,32,33,34)/t18-/m0/s1. The summed E-state index contributed by atoms with van der Waals surface area (Å²) in [4.78, 5) is 9.18. The summed E-state index contributed by atoms with van der Waals surface area (Å²) in [6, 6.07) is 8.87. The highest BCUT2D eigenvalue weighted by Crippen LogP contribution is 2.45. The minimum atomic E-state index is -3.51. The van der Waals surface area contributed by atoms with E-state index in [4.69, 9.17) is 16.3 Å². The Kier molecular flexibility index (Phi) is 7.53. The lowest BCUT2D eigenvalue weighted by molar-refractivity contribution is 0.256. The van der Waals surface area contributed by atoms with E-state index in [1.54, 1.807) is 38.1 Å². The number of piperidine rings is 1. The Balaban J connectivity index is 1.47. The van der Waals surface area contributed by atoms with E-state index < -0.39 is 15.1 Å². The molecule has 2 aliphatic heterocycles. The Morgan fingerprint density at radius 3 is 2.61 bits per heavy atom. The summed E-state index contributed by atoms with van der Waals surface area (Å²) in [6.07, 6.45) is 4.71. The first kappa shape index (κ1) is 26.7. The largest absolute Gasteiger partial charge is 0.488 e. The highest BCUT2D eigenvalue weighted by atomic mass is 35.5.